The lowest BCUT2D eigenvalue weighted by atomic mass is 10.0. The van der Waals surface area contributed by atoms with Gasteiger partial charge in [0, 0.05) is 58.5 Å². The van der Waals surface area contributed by atoms with E-state index in [1.807, 2.05) is 6.07 Å². The van der Waals surface area contributed by atoms with Crippen molar-refractivity contribution < 1.29 is 19.1 Å². The van der Waals surface area contributed by atoms with E-state index < -0.39 is 0 Å². The van der Waals surface area contributed by atoms with Gasteiger partial charge in [-0.2, -0.15) is 0 Å². The average molecular weight is 468 g/mol. The topological polar surface area (TPSA) is 71.1 Å². The molecule has 0 radical (unpaired) electrons. The van der Waals surface area contributed by atoms with Crippen molar-refractivity contribution in [1.82, 2.24) is 9.80 Å². The van der Waals surface area contributed by atoms with Gasteiger partial charge < -0.3 is 19.7 Å². The van der Waals surface area contributed by atoms with Crippen molar-refractivity contribution in [2.45, 2.75) is 39.3 Å². The summed E-state index contributed by atoms with van der Waals surface area (Å²) in [5.74, 6) is 0.391. The van der Waals surface area contributed by atoms with E-state index in [1.165, 1.54) is 12.5 Å². The molecule has 7 nitrogen and oxygen atoms in total. The SMILES string of the molecule is CO[C@H]1CN(C)C(=O)c2ccc(NC(C)=O)cc2OC[C@H](C)N(CCc2ccccc2)C[C@@H]1C. The van der Waals surface area contributed by atoms with Crippen LogP contribution in [0.2, 0.25) is 0 Å². The Morgan fingerprint density at radius 2 is 1.88 bits per heavy atom. The third-order valence-corrected chi connectivity index (χ3v) is 6.43. The molecule has 7 heteroatoms. The quantitative estimate of drug-likeness (QED) is 0.726. The second kappa shape index (κ2) is 12.0. The summed E-state index contributed by atoms with van der Waals surface area (Å²) in [4.78, 5) is 28.9. The maximum absolute atomic E-state index is 13.3. The zero-order chi connectivity index (χ0) is 24.7. The van der Waals surface area contributed by atoms with Crippen molar-refractivity contribution in [1.29, 1.82) is 0 Å². The molecule has 0 aromatic heterocycles. The Morgan fingerprint density at radius 3 is 2.56 bits per heavy atom. The molecule has 1 heterocycles. The maximum atomic E-state index is 13.3. The lowest BCUT2D eigenvalue weighted by molar-refractivity contribution is -0.114. The number of nitrogens with zero attached hydrogens (tertiary/aromatic N) is 2. The normalized spacial score (nSPS) is 22.2. The summed E-state index contributed by atoms with van der Waals surface area (Å²) in [5.41, 5.74) is 2.38. The van der Waals surface area contributed by atoms with E-state index in [-0.39, 0.29) is 29.9 Å². The Hall–Kier alpha value is -2.90. The van der Waals surface area contributed by atoms with Crippen LogP contribution < -0.4 is 10.1 Å². The van der Waals surface area contributed by atoms with Crippen molar-refractivity contribution in [2.24, 2.45) is 5.92 Å². The number of hydrogen-bond acceptors (Lipinski definition) is 5. The number of ether oxygens (including phenoxy) is 2. The summed E-state index contributed by atoms with van der Waals surface area (Å²) >= 11 is 0. The highest BCUT2D eigenvalue weighted by atomic mass is 16.5. The van der Waals surface area contributed by atoms with E-state index in [2.05, 4.69) is 48.3 Å². The molecule has 1 N–H and O–H groups in total. The largest absolute Gasteiger partial charge is 0.491 e. The molecular weight excluding hydrogens is 430 g/mol. The van der Waals surface area contributed by atoms with Gasteiger partial charge in [-0.05, 0) is 37.0 Å². The summed E-state index contributed by atoms with van der Waals surface area (Å²) in [6.07, 6.45) is 0.847. The molecule has 3 atom stereocenters. The molecule has 0 saturated heterocycles. The number of amides is 2. The van der Waals surface area contributed by atoms with Gasteiger partial charge in [-0.15, -0.1) is 0 Å². The van der Waals surface area contributed by atoms with Crippen LogP contribution in [0.15, 0.2) is 48.5 Å². The van der Waals surface area contributed by atoms with Crippen LogP contribution in [0.5, 0.6) is 5.75 Å². The number of likely N-dealkylation sites (N-methyl/N-ethyl adjacent to an activating group) is 1. The van der Waals surface area contributed by atoms with Gasteiger partial charge in [0.2, 0.25) is 5.91 Å². The summed E-state index contributed by atoms with van der Waals surface area (Å²) in [7, 11) is 3.49. The summed E-state index contributed by atoms with van der Waals surface area (Å²) in [5, 5.41) is 2.77. The predicted octanol–water partition coefficient (Wildman–Crippen LogP) is 3.69. The zero-order valence-corrected chi connectivity index (χ0v) is 20.9. The lowest BCUT2D eigenvalue weighted by Gasteiger charge is -2.36. The first-order chi connectivity index (χ1) is 16.3. The van der Waals surface area contributed by atoms with Crippen molar-refractivity contribution in [3.8, 4) is 5.75 Å². The average Bonchev–Trinajstić information content (AvgIpc) is 2.82. The first-order valence-corrected chi connectivity index (χ1v) is 11.9. The molecular formula is C27H37N3O4. The van der Waals surface area contributed by atoms with Gasteiger partial charge in [0.25, 0.3) is 5.91 Å². The standard InChI is InChI=1S/C27H37N3O4/c1-19-16-30(14-13-22-9-7-6-8-10-22)20(2)18-34-25-15-23(28-21(3)31)11-12-24(25)27(32)29(4)17-26(19)33-5/h6-12,15,19-20,26H,13-14,16-18H2,1-5H3,(H,28,31)/t19-,20-,26-/m0/s1. The number of anilines is 1. The molecule has 0 aliphatic carbocycles. The summed E-state index contributed by atoms with van der Waals surface area (Å²) in [6, 6.07) is 15.8. The Balaban J connectivity index is 1.89. The van der Waals surface area contributed by atoms with Gasteiger partial charge in [0.1, 0.15) is 12.4 Å². The van der Waals surface area contributed by atoms with Crippen molar-refractivity contribution in [3.63, 3.8) is 0 Å². The Morgan fingerprint density at radius 1 is 1.15 bits per heavy atom. The Labute approximate surface area is 203 Å². The molecule has 0 bridgehead atoms. The third kappa shape index (κ3) is 6.81. The molecule has 0 unspecified atom stereocenters. The number of hydrogen-bond donors (Lipinski definition) is 1. The van der Waals surface area contributed by atoms with Crippen LogP contribution in [0.3, 0.4) is 0 Å². The molecule has 2 aromatic rings. The maximum Gasteiger partial charge on any atom is 0.257 e. The number of fused-ring (bicyclic) bond motifs is 1. The van der Waals surface area contributed by atoms with E-state index in [0.717, 1.165) is 19.5 Å². The van der Waals surface area contributed by atoms with Gasteiger partial charge in [0.05, 0.1) is 11.7 Å². The van der Waals surface area contributed by atoms with Crippen LogP contribution in [-0.2, 0) is 16.0 Å². The number of benzene rings is 2. The van der Waals surface area contributed by atoms with Crippen LogP contribution >= 0.6 is 0 Å². The zero-order valence-electron chi connectivity index (χ0n) is 20.9. The first-order valence-electron chi connectivity index (χ1n) is 11.9. The van der Waals surface area contributed by atoms with Gasteiger partial charge in [-0.3, -0.25) is 14.5 Å². The fourth-order valence-corrected chi connectivity index (χ4v) is 4.36. The fourth-order valence-electron chi connectivity index (χ4n) is 4.36. The molecule has 3 rings (SSSR count). The first kappa shape index (κ1) is 25.7. The molecule has 0 spiro atoms. The second-order valence-corrected chi connectivity index (χ2v) is 9.22. The van der Waals surface area contributed by atoms with Gasteiger partial charge in [-0.1, -0.05) is 37.3 Å². The molecule has 184 valence electrons. The molecule has 1 aliphatic rings. The summed E-state index contributed by atoms with van der Waals surface area (Å²) < 4.78 is 12.0. The van der Waals surface area contributed by atoms with E-state index in [9.17, 15) is 9.59 Å². The minimum absolute atomic E-state index is 0.0946. The van der Waals surface area contributed by atoms with Gasteiger partial charge in [-0.25, -0.2) is 0 Å². The molecule has 0 fully saturated rings. The predicted molar refractivity (Wildman–Crippen MR) is 134 cm³/mol. The fraction of sp³-hybridized carbons (Fsp3) is 0.481. The Bertz CT molecular complexity index is 966. The lowest BCUT2D eigenvalue weighted by Crippen LogP contribution is -2.47. The second-order valence-electron chi connectivity index (χ2n) is 9.22. The van der Waals surface area contributed by atoms with Crippen molar-refractivity contribution in [2.75, 3.05) is 45.7 Å². The van der Waals surface area contributed by atoms with Crippen LogP contribution in [0.4, 0.5) is 5.69 Å². The monoisotopic (exact) mass is 467 g/mol. The van der Waals surface area contributed by atoms with E-state index in [0.29, 0.717) is 30.2 Å². The number of carbonyl (C=O) groups is 2. The highest BCUT2D eigenvalue weighted by Gasteiger charge is 2.28. The smallest absolute Gasteiger partial charge is 0.257 e. The van der Waals surface area contributed by atoms with Crippen LogP contribution in [0.1, 0.15) is 36.7 Å². The van der Waals surface area contributed by atoms with Crippen molar-refractivity contribution >= 4 is 17.5 Å². The Kier molecular flexibility index (Phi) is 9.07. The van der Waals surface area contributed by atoms with E-state index in [4.69, 9.17) is 9.47 Å². The molecule has 2 aromatic carbocycles. The van der Waals surface area contributed by atoms with Crippen molar-refractivity contribution in [3.05, 3.63) is 59.7 Å². The number of nitrogens with one attached hydrogen (secondary N) is 1. The van der Waals surface area contributed by atoms with Crippen LogP contribution in [0, 0.1) is 5.92 Å². The highest BCUT2D eigenvalue weighted by Crippen LogP contribution is 2.27. The van der Waals surface area contributed by atoms with Gasteiger partial charge >= 0.3 is 0 Å². The molecule has 1 aliphatic heterocycles. The molecule has 34 heavy (non-hydrogen) atoms. The van der Waals surface area contributed by atoms with Gasteiger partial charge in [0.15, 0.2) is 0 Å². The number of carbonyl (C=O) groups excluding carboxylic acids is 2. The molecule has 2 amide bonds. The number of methoxy groups -OCH3 is 1. The minimum atomic E-state index is -0.172. The minimum Gasteiger partial charge on any atom is -0.491 e. The van der Waals surface area contributed by atoms with Crippen LogP contribution in [-0.4, -0.2) is 74.2 Å². The van der Waals surface area contributed by atoms with Crippen LogP contribution in [0.25, 0.3) is 0 Å². The van der Waals surface area contributed by atoms with E-state index in [1.54, 1.807) is 37.3 Å². The van der Waals surface area contributed by atoms with E-state index >= 15 is 0 Å². The summed E-state index contributed by atoms with van der Waals surface area (Å²) in [6.45, 7) is 8.40. The number of rotatable bonds is 5. The highest BCUT2D eigenvalue weighted by molar-refractivity contribution is 5.98. The third-order valence-electron chi connectivity index (χ3n) is 6.43. The molecule has 0 saturated carbocycles.